The largest absolute Gasteiger partial charge is 0.335 e. The monoisotopic (exact) mass is 260 g/mol. The molecular formula is C10H10Cl2N2S. The predicted molar refractivity (Wildman–Crippen MR) is 69.4 cm³/mol. The van der Waals surface area contributed by atoms with Crippen molar-refractivity contribution in [3.63, 3.8) is 0 Å². The van der Waals surface area contributed by atoms with Gasteiger partial charge in [-0.15, -0.1) is 0 Å². The molecule has 5 heteroatoms. The van der Waals surface area contributed by atoms with Crippen molar-refractivity contribution in [2.75, 3.05) is 11.9 Å². The third-order valence-electron chi connectivity index (χ3n) is 1.98. The van der Waals surface area contributed by atoms with Gasteiger partial charge >= 0.3 is 0 Å². The van der Waals surface area contributed by atoms with Crippen LogP contribution in [0, 0.1) is 0 Å². The summed E-state index contributed by atoms with van der Waals surface area (Å²) in [4.78, 5) is 4.36. The standard InChI is InChI=1S/C10H10Cl2N2S/c1-6-5-13-10(15-6)14-7-2-3-8(11)9(12)4-7/h2-4,6H,5H2,1H3,(H,13,14)/t6-/m1/s1. The maximum absolute atomic E-state index is 5.91. The first kappa shape index (κ1) is 11.1. The molecule has 1 aromatic carbocycles. The van der Waals surface area contributed by atoms with Gasteiger partial charge in [-0.2, -0.15) is 0 Å². The molecule has 1 N–H and O–H groups in total. The first-order chi connectivity index (χ1) is 7.15. The van der Waals surface area contributed by atoms with Crippen molar-refractivity contribution in [3.05, 3.63) is 28.2 Å². The Morgan fingerprint density at radius 1 is 1.40 bits per heavy atom. The van der Waals surface area contributed by atoms with Crippen molar-refractivity contribution in [1.29, 1.82) is 0 Å². The van der Waals surface area contributed by atoms with E-state index < -0.39 is 0 Å². The predicted octanol–water partition coefficient (Wildman–Crippen LogP) is 3.90. The summed E-state index contributed by atoms with van der Waals surface area (Å²) in [5.74, 6) is 0. The van der Waals surface area contributed by atoms with Crippen LogP contribution in [0.4, 0.5) is 5.69 Å². The van der Waals surface area contributed by atoms with E-state index in [0.29, 0.717) is 15.3 Å². The lowest BCUT2D eigenvalue weighted by atomic mass is 10.3. The van der Waals surface area contributed by atoms with Gasteiger partial charge in [-0.3, -0.25) is 4.99 Å². The highest BCUT2D eigenvalue weighted by Gasteiger charge is 2.14. The number of hydrogen-bond acceptors (Lipinski definition) is 3. The number of aliphatic imine (C=N–C) groups is 1. The van der Waals surface area contributed by atoms with Gasteiger partial charge in [0.15, 0.2) is 5.17 Å². The van der Waals surface area contributed by atoms with Crippen LogP contribution in [0.1, 0.15) is 6.92 Å². The lowest BCUT2D eigenvalue weighted by Crippen LogP contribution is -2.05. The van der Waals surface area contributed by atoms with Crippen LogP contribution in [0.3, 0.4) is 0 Å². The highest BCUT2D eigenvalue weighted by molar-refractivity contribution is 8.15. The van der Waals surface area contributed by atoms with Crippen LogP contribution in [0.15, 0.2) is 23.2 Å². The Morgan fingerprint density at radius 2 is 2.20 bits per heavy atom. The maximum Gasteiger partial charge on any atom is 0.161 e. The van der Waals surface area contributed by atoms with Gasteiger partial charge in [0.25, 0.3) is 0 Å². The fourth-order valence-corrected chi connectivity index (χ4v) is 2.40. The number of nitrogens with zero attached hydrogens (tertiary/aromatic N) is 1. The molecule has 1 aliphatic rings. The molecule has 1 aliphatic heterocycles. The normalized spacial score (nSPS) is 20.2. The molecule has 0 radical (unpaired) electrons. The molecule has 2 nitrogen and oxygen atoms in total. The van der Waals surface area contributed by atoms with Crippen LogP contribution >= 0.6 is 35.0 Å². The molecule has 0 bridgehead atoms. The molecule has 15 heavy (non-hydrogen) atoms. The van der Waals surface area contributed by atoms with Crippen molar-refractivity contribution < 1.29 is 0 Å². The van der Waals surface area contributed by atoms with E-state index in [0.717, 1.165) is 17.4 Å². The molecule has 0 spiro atoms. The van der Waals surface area contributed by atoms with E-state index in [2.05, 4.69) is 17.2 Å². The van der Waals surface area contributed by atoms with Gasteiger partial charge in [0.2, 0.25) is 0 Å². The van der Waals surface area contributed by atoms with Gasteiger partial charge in [0.05, 0.1) is 16.6 Å². The number of halogens is 2. The van der Waals surface area contributed by atoms with Gasteiger partial charge in [-0.05, 0) is 18.2 Å². The highest BCUT2D eigenvalue weighted by Crippen LogP contribution is 2.27. The summed E-state index contributed by atoms with van der Waals surface area (Å²) < 4.78 is 0. The van der Waals surface area contributed by atoms with Crippen LogP contribution in [-0.2, 0) is 0 Å². The summed E-state index contributed by atoms with van der Waals surface area (Å²) in [5, 5.41) is 5.83. The van der Waals surface area contributed by atoms with E-state index in [1.807, 2.05) is 6.07 Å². The number of hydrogen-bond donors (Lipinski definition) is 1. The first-order valence-electron chi connectivity index (χ1n) is 4.58. The third-order valence-corrected chi connectivity index (χ3v) is 3.72. The van der Waals surface area contributed by atoms with Crippen LogP contribution in [0.5, 0.6) is 0 Å². The second-order valence-corrected chi connectivity index (χ2v) is 5.57. The Hall–Kier alpha value is -0.380. The zero-order chi connectivity index (χ0) is 10.8. The van der Waals surface area contributed by atoms with Crippen molar-refractivity contribution in [3.8, 4) is 0 Å². The van der Waals surface area contributed by atoms with Gasteiger partial charge in [-0.1, -0.05) is 41.9 Å². The van der Waals surface area contributed by atoms with E-state index in [1.54, 1.807) is 23.9 Å². The van der Waals surface area contributed by atoms with Crippen LogP contribution in [0.2, 0.25) is 10.0 Å². The minimum absolute atomic E-state index is 0.551. The molecule has 0 fully saturated rings. The minimum atomic E-state index is 0.551. The number of anilines is 1. The average Bonchev–Trinajstić information content (AvgIpc) is 2.58. The number of amidine groups is 1. The molecule has 1 atom stereocenters. The zero-order valence-electron chi connectivity index (χ0n) is 8.13. The molecule has 2 rings (SSSR count). The molecule has 0 aliphatic carbocycles. The van der Waals surface area contributed by atoms with Gasteiger partial charge in [-0.25, -0.2) is 0 Å². The number of rotatable bonds is 1. The summed E-state index contributed by atoms with van der Waals surface area (Å²) in [7, 11) is 0. The second kappa shape index (κ2) is 4.64. The van der Waals surface area contributed by atoms with Crippen molar-refractivity contribution in [2.24, 2.45) is 4.99 Å². The number of thioether (sulfide) groups is 1. The van der Waals surface area contributed by atoms with Crippen molar-refractivity contribution >= 4 is 45.8 Å². The van der Waals surface area contributed by atoms with Gasteiger partial charge in [0, 0.05) is 10.9 Å². The fourth-order valence-electron chi connectivity index (χ4n) is 1.24. The molecule has 0 saturated carbocycles. The smallest absolute Gasteiger partial charge is 0.161 e. The summed E-state index contributed by atoms with van der Waals surface area (Å²) >= 11 is 13.5. The van der Waals surface area contributed by atoms with Crippen LogP contribution in [-0.4, -0.2) is 17.0 Å². The summed E-state index contributed by atoms with van der Waals surface area (Å²) in [6.45, 7) is 3.02. The van der Waals surface area contributed by atoms with E-state index in [9.17, 15) is 0 Å². The Morgan fingerprint density at radius 3 is 2.80 bits per heavy atom. The zero-order valence-corrected chi connectivity index (χ0v) is 10.5. The molecule has 1 heterocycles. The van der Waals surface area contributed by atoms with Crippen LogP contribution in [0.25, 0.3) is 0 Å². The third kappa shape index (κ3) is 2.80. The quantitative estimate of drug-likeness (QED) is 0.829. The summed E-state index contributed by atoms with van der Waals surface area (Å²) in [6.07, 6.45) is 0. The summed E-state index contributed by atoms with van der Waals surface area (Å²) in [6, 6.07) is 5.46. The van der Waals surface area contributed by atoms with E-state index >= 15 is 0 Å². The van der Waals surface area contributed by atoms with Gasteiger partial charge < -0.3 is 5.32 Å². The van der Waals surface area contributed by atoms with Crippen molar-refractivity contribution in [1.82, 2.24) is 0 Å². The number of nitrogens with one attached hydrogen (secondary N) is 1. The average molecular weight is 261 g/mol. The lowest BCUT2D eigenvalue weighted by molar-refractivity contribution is 0.976. The second-order valence-electron chi connectivity index (χ2n) is 3.33. The SMILES string of the molecule is C[C@@H]1CN=C(Nc2ccc(Cl)c(Cl)c2)S1. The van der Waals surface area contributed by atoms with E-state index in [1.165, 1.54) is 0 Å². The Bertz CT molecular complexity index is 406. The topological polar surface area (TPSA) is 24.4 Å². The molecule has 1 aromatic rings. The maximum atomic E-state index is 5.91. The lowest BCUT2D eigenvalue weighted by Gasteiger charge is -2.06. The first-order valence-corrected chi connectivity index (χ1v) is 6.22. The molecule has 0 amide bonds. The Labute approximate surface area is 103 Å². The van der Waals surface area contributed by atoms with Gasteiger partial charge in [0.1, 0.15) is 0 Å². The fraction of sp³-hybridized carbons (Fsp3) is 0.300. The van der Waals surface area contributed by atoms with E-state index in [-0.39, 0.29) is 0 Å². The Balaban J connectivity index is 2.08. The highest BCUT2D eigenvalue weighted by atomic mass is 35.5. The minimum Gasteiger partial charge on any atom is -0.335 e. The molecule has 80 valence electrons. The molecule has 0 saturated heterocycles. The van der Waals surface area contributed by atoms with Crippen molar-refractivity contribution in [2.45, 2.75) is 12.2 Å². The molecular weight excluding hydrogens is 251 g/mol. The Kier molecular flexibility index (Phi) is 3.44. The molecule has 0 unspecified atom stereocenters. The number of benzene rings is 1. The van der Waals surface area contributed by atoms with Crippen LogP contribution < -0.4 is 5.32 Å². The molecule has 0 aromatic heterocycles. The summed E-state index contributed by atoms with van der Waals surface area (Å²) in [5.41, 5.74) is 0.921. The van der Waals surface area contributed by atoms with E-state index in [4.69, 9.17) is 23.2 Å².